The third-order valence-electron chi connectivity index (χ3n) is 2.14. The van der Waals surface area contributed by atoms with Gasteiger partial charge in [0.15, 0.2) is 0 Å². The molecule has 0 unspecified atom stereocenters. The highest BCUT2D eigenvalue weighted by Gasteiger charge is 2.15. The number of nitrogens with zero attached hydrogens (tertiary/aromatic N) is 4. The molecule has 2 aromatic rings. The number of anilines is 1. The van der Waals surface area contributed by atoms with E-state index < -0.39 is 16.8 Å². The summed E-state index contributed by atoms with van der Waals surface area (Å²) >= 11 is 5.88. The van der Waals surface area contributed by atoms with Gasteiger partial charge in [0.1, 0.15) is 6.54 Å². The predicted molar refractivity (Wildman–Crippen MR) is 66.8 cm³/mol. The lowest BCUT2D eigenvalue weighted by atomic mass is 10.3. The Labute approximate surface area is 112 Å². The molecule has 8 nitrogen and oxygen atoms in total. The Bertz CT molecular complexity index is 627. The molecule has 0 atom stereocenters. The number of halogens is 1. The van der Waals surface area contributed by atoms with E-state index in [0.29, 0.717) is 10.7 Å². The zero-order chi connectivity index (χ0) is 13.8. The highest BCUT2D eigenvalue weighted by Crippen LogP contribution is 2.20. The maximum absolute atomic E-state index is 11.7. The molecule has 0 radical (unpaired) electrons. The lowest BCUT2D eigenvalue weighted by Gasteiger charge is -2.05. The Morgan fingerprint density at radius 2 is 2.21 bits per heavy atom. The molecular weight excluding hydrogens is 274 g/mol. The van der Waals surface area contributed by atoms with Crippen LogP contribution in [-0.2, 0) is 11.3 Å². The molecule has 0 aliphatic heterocycles. The molecule has 0 aliphatic carbocycles. The largest absolute Gasteiger partial charge is 0.490 e. The van der Waals surface area contributed by atoms with Gasteiger partial charge in [0.2, 0.25) is 12.2 Å². The first kappa shape index (κ1) is 13.0. The van der Waals surface area contributed by atoms with Crippen LogP contribution in [0.1, 0.15) is 0 Å². The fourth-order valence-corrected chi connectivity index (χ4v) is 1.53. The summed E-state index contributed by atoms with van der Waals surface area (Å²) in [6.07, 6.45) is 1.12. The van der Waals surface area contributed by atoms with Crippen molar-refractivity contribution in [3.63, 3.8) is 0 Å². The summed E-state index contributed by atoms with van der Waals surface area (Å²) in [5.74, 6) is -0.960. The molecule has 98 valence electrons. The number of benzene rings is 1. The van der Waals surface area contributed by atoms with E-state index in [4.69, 9.17) is 11.6 Å². The Morgan fingerprint density at radius 3 is 2.84 bits per heavy atom. The fourth-order valence-electron chi connectivity index (χ4n) is 1.34. The summed E-state index contributed by atoms with van der Waals surface area (Å²) in [6, 6.07) is 6.74. The van der Waals surface area contributed by atoms with Crippen LogP contribution in [-0.4, -0.2) is 25.6 Å². The first-order valence-corrected chi connectivity index (χ1v) is 5.52. The summed E-state index contributed by atoms with van der Waals surface area (Å²) in [7, 11) is 0. The maximum atomic E-state index is 11.7. The summed E-state index contributed by atoms with van der Waals surface area (Å²) in [5, 5.41) is 16.9. The quantitative estimate of drug-likeness (QED) is 0.675. The number of rotatable bonds is 4. The minimum Gasteiger partial charge on any atom is -0.390 e. The Kier molecular flexibility index (Phi) is 3.71. The summed E-state index contributed by atoms with van der Waals surface area (Å²) in [4.78, 5) is 24.8. The van der Waals surface area contributed by atoms with Crippen molar-refractivity contribution in [1.29, 1.82) is 0 Å². The smallest absolute Gasteiger partial charge is 0.390 e. The maximum Gasteiger partial charge on any atom is 0.490 e. The van der Waals surface area contributed by atoms with E-state index in [1.807, 2.05) is 0 Å². The second-order valence-electron chi connectivity index (χ2n) is 3.53. The Balaban J connectivity index is 2.01. The molecule has 0 spiro atoms. The Morgan fingerprint density at radius 1 is 1.47 bits per heavy atom. The van der Waals surface area contributed by atoms with Crippen molar-refractivity contribution in [3.05, 3.63) is 45.7 Å². The number of aromatic nitrogens is 3. The van der Waals surface area contributed by atoms with Crippen LogP contribution in [0.15, 0.2) is 30.6 Å². The number of carbonyl (C=O) groups is 1. The van der Waals surface area contributed by atoms with Crippen molar-refractivity contribution in [3.8, 4) is 0 Å². The van der Waals surface area contributed by atoms with Gasteiger partial charge < -0.3 is 15.4 Å². The van der Waals surface area contributed by atoms with Crippen molar-refractivity contribution < 1.29 is 9.72 Å². The van der Waals surface area contributed by atoms with Crippen molar-refractivity contribution in [1.82, 2.24) is 14.8 Å². The van der Waals surface area contributed by atoms with E-state index in [0.717, 1.165) is 11.0 Å². The molecule has 1 aromatic heterocycles. The van der Waals surface area contributed by atoms with Crippen molar-refractivity contribution in [2.75, 3.05) is 5.32 Å². The van der Waals surface area contributed by atoms with Gasteiger partial charge in [-0.25, -0.2) is 0 Å². The van der Waals surface area contributed by atoms with Gasteiger partial charge in [-0.15, -0.1) is 0 Å². The SMILES string of the molecule is O=C(Cn1cnc([N+](=O)[O-])n1)Nc1ccccc1Cl. The van der Waals surface area contributed by atoms with Crippen LogP contribution in [0.25, 0.3) is 0 Å². The van der Waals surface area contributed by atoms with Crippen LogP contribution in [0.2, 0.25) is 5.02 Å². The van der Waals surface area contributed by atoms with Crippen molar-refractivity contribution in [2.45, 2.75) is 6.54 Å². The van der Waals surface area contributed by atoms with Gasteiger partial charge in [-0.3, -0.25) is 4.79 Å². The van der Waals surface area contributed by atoms with Gasteiger partial charge in [-0.1, -0.05) is 28.7 Å². The third-order valence-corrected chi connectivity index (χ3v) is 2.47. The van der Waals surface area contributed by atoms with Crippen molar-refractivity contribution in [2.24, 2.45) is 0 Å². The molecule has 1 N–H and O–H groups in total. The van der Waals surface area contributed by atoms with E-state index in [1.54, 1.807) is 24.3 Å². The normalized spacial score (nSPS) is 10.2. The lowest BCUT2D eigenvalue weighted by molar-refractivity contribution is -0.394. The van der Waals surface area contributed by atoms with Crippen LogP contribution < -0.4 is 5.32 Å². The molecule has 19 heavy (non-hydrogen) atoms. The van der Waals surface area contributed by atoms with Crippen molar-refractivity contribution >= 4 is 29.1 Å². The monoisotopic (exact) mass is 281 g/mol. The standard InChI is InChI=1S/C10H8ClN5O3/c11-7-3-1-2-4-8(7)13-9(17)5-15-6-12-10(14-15)16(18)19/h1-4,6H,5H2,(H,13,17). The van der Waals surface area contributed by atoms with E-state index in [9.17, 15) is 14.9 Å². The highest BCUT2D eigenvalue weighted by atomic mass is 35.5. The first-order chi connectivity index (χ1) is 9.06. The summed E-state index contributed by atoms with van der Waals surface area (Å²) < 4.78 is 1.07. The Hall–Kier alpha value is -2.48. The summed E-state index contributed by atoms with van der Waals surface area (Å²) in [5.41, 5.74) is 0.462. The molecule has 1 amide bonds. The molecule has 0 aliphatic rings. The molecular formula is C10H8ClN5O3. The minimum atomic E-state index is -0.734. The van der Waals surface area contributed by atoms with E-state index >= 15 is 0 Å². The van der Waals surface area contributed by atoms with Gasteiger partial charge in [-0.05, 0) is 17.1 Å². The molecule has 9 heteroatoms. The van der Waals surface area contributed by atoms with Crippen LogP contribution in [0.5, 0.6) is 0 Å². The zero-order valence-electron chi connectivity index (χ0n) is 9.49. The van der Waals surface area contributed by atoms with Gasteiger partial charge in [0.05, 0.1) is 10.7 Å². The third kappa shape index (κ3) is 3.26. The highest BCUT2D eigenvalue weighted by molar-refractivity contribution is 6.33. The van der Waals surface area contributed by atoms with E-state index in [2.05, 4.69) is 15.4 Å². The van der Waals surface area contributed by atoms with Crippen LogP contribution in [0.4, 0.5) is 11.6 Å². The molecule has 0 bridgehead atoms. The summed E-state index contributed by atoms with van der Waals surface area (Å²) in [6.45, 7) is -0.188. The van der Waals surface area contributed by atoms with Gasteiger partial charge in [-0.2, -0.15) is 4.68 Å². The number of carbonyl (C=O) groups excluding carboxylic acids is 1. The van der Waals surface area contributed by atoms with Crippen LogP contribution >= 0.6 is 11.6 Å². The lowest BCUT2D eigenvalue weighted by Crippen LogP contribution is -2.19. The number of hydrogen-bond acceptors (Lipinski definition) is 5. The number of hydrogen-bond donors (Lipinski definition) is 1. The zero-order valence-corrected chi connectivity index (χ0v) is 10.2. The van der Waals surface area contributed by atoms with Gasteiger partial charge in [0, 0.05) is 5.10 Å². The molecule has 1 heterocycles. The average Bonchev–Trinajstić information content (AvgIpc) is 2.80. The molecule has 0 saturated heterocycles. The molecule has 0 fully saturated rings. The number of nitro groups is 1. The van der Waals surface area contributed by atoms with E-state index in [-0.39, 0.29) is 6.54 Å². The van der Waals surface area contributed by atoms with Crippen LogP contribution in [0, 0.1) is 10.1 Å². The first-order valence-electron chi connectivity index (χ1n) is 5.14. The minimum absolute atomic E-state index is 0.188. The van der Waals surface area contributed by atoms with Crippen LogP contribution in [0.3, 0.4) is 0 Å². The average molecular weight is 282 g/mol. The molecule has 1 aromatic carbocycles. The number of para-hydroxylation sites is 1. The second kappa shape index (κ2) is 5.44. The van der Waals surface area contributed by atoms with E-state index in [1.165, 1.54) is 0 Å². The number of amides is 1. The topological polar surface area (TPSA) is 103 Å². The molecule has 0 saturated carbocycles. The van der Waals surface area contributed by atoms with Gasteiger partial charge >= 0.3 is 5.95 Å². The second-order valence-corrected chi connectivity index (χ2v) is 3.93. The van der Waals surface area contributed by atoms with Gasteiger partial charge in [0.25, 0.3) is 0 Å². The molecule has 2 rings (SSSR count). The predicted octanol–water partition coefficient (Wildman–Crippen LogP) is 1.48. The fraction of sp³-hybridized carbons (Fsp3) is 0.100. The number of nitrogens with one attached hydrogen (secondary N) is 1.